The molecule has 1 aliphatic heterocycles. The van der Waals surface area contributed by atoms with E-state index in [2.05, 4.69) is 5.32 Å². The Kier molecular flexibility index (Phi) is 5.10. The minimum Gasteiger partial charge on any atom is -0.370 e. The molecule has 1 aromatic rings. The van der Waals surface area contributed by atoms with Crippen LogP contribution in [0, 0.1) is 0 Å². The van der Waals surface area contributed by atoms with E-state index in [1.807, 2.05) is 33.8 Å². The van der Waals surface area contributed by atoms with Crippen LogP contribution in [0.2, 0.25) is 0 Å². The van der Waals surface area contributed by atoms with Crippen LogP contribution in [0.15, 0.2) is 16.3 Å². The van der Waals surface area contributed by atoms with Gasteiger partial charge < -0.3 is 10.1 Å². The number of hydrogen-bond donors (Lipinski definition) is 1. The first-order valence-corrected chi connectivity index (χ1v) is 9.47. The fourth-order valence-electron chi connectivity index (χ4n) is 2.55. The summed E-state index contributed by atoms with van der Waals surface area (Å²) in [4.78, 5) is 1.04. The van der Waals surface area contributed by atoms with Crippen LogP contribution < -0.4 is 5.32 Å². The molecule has 0 spiro atoms. The van der Waals surface area contributed by atoms with E-state index in [1.54, 1.807) is 10.4 Å². The smallest absolute Gasteiger partial charge is 0.252 e. The highest BCUT2D eigenvalue weighted by Gasteiger charge is 2.38. The van der Waals surface area contributed by atoms with Crippen molar-refractivity contribution in [3.05, 3.63) is 17.0 Å². The summed E-state index contributed by atoms with van der Waals surface area (Å²) in [7, 11) is -3.43. The zero-order chi connectivity index (χ0) is 15.7. The molecule has 120 valence electrons. The summed E-state index contributed by atoms with van der Waals surface area (Å²) in [6.07, 6.45) is -0.0929. The summed E-state index contributed by atoms with van der Waals surface area (Å²) in [6, 6.07) is 3.59. The Bertz CT molecular complexity index is 581. The van der Waals surface area contributed by atoms with Crippen LogP contribution >= 0.6 is 11.3 Å². The first-order valence-electron chi connectivity index (χ1n) is 7.22. The maximum Gasteiger partial charge on any atom is 0.252 e. The van der Waals surface area contributed by atoms with E-state index in [0.29, 0.717) is 23.8 Å². The monoisotopic (exact) mass is 332 g/mol. The number of rotatable bonds is 5. The Balaban J connectivity index is 2.19. The zero-order valence-corrected chi connectivity index (χ0v) is 14.7. The van der Waals surface area contributed by atoms with Crippen molar-refractivity contribution in [2.24, 2.45) is 0 Å². The molecule has 1 aromatic heterocycles. The third kappa shape index (κ3) is 4.04. The van der Waals surface area contributed by atoms with Gasteiger partial charge in [0, 0.05) is 24.5 Å². The highest BCUT2D eigenvalue weighted by atomic mass is 32.2. The second-order valence-electron chi connectivity index (χ2n) is 5.99. The van der Waals surface area contributed by atoms with Crippen molar-refractivity contribution in [1.82, 2.24) is 9.62 Å². The van der Waals surface area contributed by atoms with Gasteiger partial charge in [-0.15, -0.1) is 11.3 Å². The summed E-state index contributed by atoms with van der Waals surface area (Å²) in [5.41, 5.74) is -0.450. The highest BCUT2D eigenvalue weighted by molar-refractivity contribution is 7.91. The summed E-state index contributed by atoms with van der Waals surface area (Å²) in [6.45, 7) is 10.2. The Morgan fingerprint density at radius 2 is 2.19 bits per heavy atom. The topological polar surface area (TPSA) is 58.6 Å². The number of sulfonamides is 1. The van der Waals surface area contributed by atoms with Crippen molar-refractivity contribution < 1.29 is 13.2 Å². The molecular weight excluding hydrogens is 308 g/mol. The molecule has 0 aromatic carbocycles. The summed E-state index contributed by atoms with van der Waals surface area (Å²) in [5.74, 6) is 0. The van der Waals surface area contributed by atoms with E-state index in [1.165, 1.54) is 11.3 Å². The quantitative estimate of drug-likeness (QED) is 0.896. The minimum atomic E-state index is -3.43. The summed E-state index contributed by atoms with van der Waals surface area (Å²) >= 11 is 1.34. The van der Waals surface area contributed by atoms with E-state index in [9.17, 15) is 8.42 Å². The molecule has 0 radical (unpaired) electrons. The lowest BCUT2D eigenvalue weighted by molar-refractivity contribution is -0.109. The molecule has 1 atom stereocenters. The molecule has 2 heterocycles. The zero-order valence-electron chi connectivity index (χ0n) is 13.0. The van der Waals surface area contributed by atoms with E-state index < -0.39 is 15.6 Å². The SMILES string of the molecule is CCNCc1ccc(S(=O)(=O)N2CC(C)OC(C)(C)C2)s1. The molecule has 0 bridgehead atoms. The lowest BCUT2D eigenvalue weighted by Crippen LogP contribution is -2.53. The predicted molar refractivity (Wildman–Crippen MR) is 85.1 cm³/mol. The normalized spacial score (nSPS) is 23.3. The molecule has 5 nitrogen and oxygen atoms in total. The van der Waals surface area contributed by atoms with Crippen molar-refractivity contribution in [2.45, 2.75) is 50.2 Å². The van der Waals surface area contributed by atoms with Gasteiger partial charge in [-0.2, -0.15) is 4.31 Å². The van der Waals surface area contributed by atoms with Gasteiger partial charge in [-0.1, -0.05) is 6.92 Å². The molecule has 0 aliphatic carbocycles. The van der Waals surface area contributed by atoms with Crippen molar-refractivity contribution in [2.75, 3.05) is 19.6 Å². The van der Waals surface area contributed by atoms with Gasteiger partial charge in [0.15, 0.2) is 0 Å². The average Bonchev–Trinajstić information content (AvgIpc) is 2.83. The van der Waals surface area contributed by atoms with Gasteiger partial charge in [-0.05, 0) is 39.4 Å². The van der Waals surface area contributed by atoms with Crippen molar-refractivity contribution in [1.29, 1.82) is 0 Å². The van der Waals surface area contributed by atoms with Gasteiger partial charge >= 0.3 is 0 Å². The molecule has 1 N–H and O–H groups in total. The van der Waals surface area contributed by atoms with Crippen LogP contribution in [-0.4, -0.2) is 44.1 Å². The van der Waals surface area contributed by atoms with E-state index in [0.717, 1.165) is 11.4 Å². The predicted octanol–water partition coefficient (Wildman–Crippen LogP) is 2.05. The number of morpholine rings is 1. The molecule has 1 fully saturated rings. The molecule has 1 aliphatic rings. The van der Waals surface area contributed by atoms with Gasteiger partial charge in [0.1, 0.15) is 4.21 Å². The maximum absolute atomic E-state index is 12.8. The summed E-state index contributed by atoms with van der Waals surface area (Å²) < 4.78 is 33.3. The van der Waals surface area contributed by atoms with Crippen LogP contribution in [0.4, 0.5) is 0 Å². The van der Waals surface area contributed by atoms with E-state index >= 15 is 0 Å². The number of thiophene rings is 1. The average molecular weight is 332 g/mol. The van der Waals surface area contributed by atoms with Gasteiger partial charge in [-0.3, -0.25) is 0 Å². The second-order valence-corrected chi connectivity index (χ2v) is 9.32. The largest absolute Gasteiger partial charge is 0.370 e. The standard InChI is InChI=1S/C14H24N2O3S2/c1-5-15-8-12-6-7-13(20-12)21(17,18)16-9-11(2)19-14(3,4)10-16/h6-7,11,15H,5,8-10H2,1-4H3. The molecule has 0 saturated carbocycles. The molecule has 1 saturated heterocycles. The number of ether oxygens (including phenoxy) is 1. The first kappa shape index (κ1) is 16.9. The molecule has 2 rings (SSSR count). The van der Waals surface area contributed by atoms with Gasteiger partial charge in [0.25, 0.3) is 10.0 Å². The second kappa shape index (κ2) is 6.34. The van der Waals surface area contributed by atoms with Crippen LogP contribution in [0.3, 0.4) is 0 Å². The molecule has 7 heteroatoms. The summed E-state index contributed by atoms with van der Waals surface area (Å²) in [5, 5.41) is 3.21. The fraction of sp³-hybridized carbons (Fsp3) is 0.714. The van der Waals surface area contributed by atoms with E-state index in [4.69, 9.17) is 4.74 Å². The third-order valence-electron chi connectivity index (χ3n) is 3.32. The Hall–Kier alpha value is -0.470. The van der Waals surface area contributed by atoms with Gasteiger partial charge in [0.05, 0.1) is 11.7 Å². The van der Waals surface area contributed by atoms with Gasteiger partial charge in [0.2, 0.25) is 0 Å². The molecule has 21 heavy (non-hydrogen) atoms. The van der Waals surface area contributed by atoms with Crippen LogP contribution in [-0.2, 0) is 21.3 Å². The molecular formula is C14H24N2O3S2. The van der Waals surface area contributed by atoms with Crippen LogP contribution in [0.5, 0.6) is 0 Å². The van der Waals surface area contributed by atoms with Gasteiger partial charge in [-0.25, -0.2) is 8.42 Å². The Labute approximate surface area is 131 Å². The lowest BCUT2D eigenvalue weighted by Gasteiger charge is -2.40. The minimum absolute atomic E-state index is 0.0929. The third-order valence-corrected chi connectivity index (χ3v) is 6.68. The van der Waals surface area contributed by atoms with Crippen molar-refractivity contribution in [3.8, 4) is 0 Å². The van der Waals surface area contributed by atoms with Crippen molar-refractivity contribution in [3.63, 3.8) is 0 Å². The number of nitrogens with one attached hydrogen (secondary N) is 1. The van der Waals surface area contributed by atoms with E-state index in [-0.39, 0.29) is 6.10 Å². The lowest BCUT2D eigenvalue weighted by atomic mass is 10.1. The maximum atomic E-state index is 12.8. The number of hydrogen-bond acceptors (Lipinski definition) is 5. The molecule has 0 amide bonds. The highest BCUT2D eigenvalue weighted by Crippen LogP contribution is 2.29. The Morgan fingerprint density at radius 1 is 1.48 bits per heavy atom. The Morgan fingerprint density at radius 3 is 2.81 bits per heavy atom. The molecule has 1 unspecified atom stereocenters. The van der Waals surface area contributed by atoms with Crippen LogP contribution in [0.25, 0.3) is 0 Å². The van der Waals surface area contributed by atoms with Crippen LogP contribution in [0.1, 0.15) is 32.6 Å². The fourth-order valence-corrected chi connectivity index (χ4v) is 5.69. The van der Waals surface area contributed by atoms with Crippen molar-refractivity contribution >= 4 is 21.4 Å². The number of nitrogens with zero attached hydrogens (tertiary/aromatic N) is 1. The first-order chi connectivity index (χ1) is 9.74.